The van der Waals surface area contributed by atoms with Gasteiger partial charge < -0.3 is 14.8 Å². The van der Waals surface area contributed by atoms with E-state index >= 15 is 0 Å². The Hall–Kier alpha value is -2.57. The summed E-state index contributed by atoms with van der Waals surface area (Å²) >= 11 is 25.0. The third kappa shape index (κ3) is 3.97. The second-order valence-corrected chi connectivity index (χ2v) is 9.82. The molecule has 34 heavy (non-hydrogen) atoms. The zero-order valence-electron chi connectivity index (χ0n) is 18.5. The maximum Gasteiger partial charge on any atom is 0.174 e. The summed E-state index contributed by atoms with van der Waals surface area (Å²) in [4.78, 5) is 6.78. The molecule has 4 nitrogen and oxygen atoms in total. The van der Waals surface area contributed by atoms with Crippen LogP contribution in [0.25, 0.3) is 5.69 Å². The molecule has 172 valence electrons. The van der Waals surface area contributed by atoms with Gasteiger partial charge in [-0.05, 0) is 86.2 Å². The number of aromatic nitrogens is 2. The molecule has 2 aromatic carbocycles. The maximum absolute atomic E-state index is 6.61. The van der Waals surface area contributed by atoms with E-state index < -0.39 is 0 Å². The van der Waals surface area contributed by atoms with Gasteiger partial charge in [-0.15, -0.1) is 0 Å². The number of rotatable bonds is 4. The highest BCUT2D eigenvalue weighted by molar-refractivity contribution is 7.80. The van der Waals surface area contributed by atoms with Gasteiger partial charge in [-0.1, -0.05) is 46.9 Å². The summed E-state index contributed by atoms with van der Waals surface area (Å²) < 4.78 is 2.14. The van der Waals surface area contributed by atoms with Crippen LogP contribution >= 0.6 is 47.0 Å². The second kappa shape index (κ2) is 9.23. The van der Waals surface area contributed by atoms with Crippen molar-refractivity contribution in [1.29, 1.82) is 0 Å². The van der Waals surface area contributed by atoms with Crippen LogP contribution in [0.15, 0.2) is 72.9 Å². The van der Waals surface area contributed by atoms with E-state index in [1.54, 1.807) is 12.3 Å². The minimum atomic E-state index is -0.145. The van der Waals surface area contributed by atoms with Crippen molar-refractivity contribution in [3.63, 3.8) is 0 Å². The van der Waals surface area contributed by atoms with Crippen LogP contribution in [0.4, 0.5) is 5.69 Å². The van der Waals surface area contributed by atoms with Gasteiger partial charge in [0.1, 0.15) is 0 Å². The molecular weight excluding hydrogens is 507 g/mol. The Kier molecular flexibility index (Phi) is 6.30. The number of aryl methyl sites for hydroxylation is 1. The van der Waals surface area contributed by atoms with Crippen LogP contribution in [0.5, 0.6) is 0 Å². The van der Waals surface area contributed by atoms with Crippen LogP contribution in [-0.2, 0) is 0 Å². The molecule has 0 aliphatic carbocycles. The Labute approximate surface area is 219 Å². The molecule has 5 rings (SSSR count). The van der Waals surface area contributed by atoms with Crippen molar-refractivity contribution in [2.75, 3.05) is 4.90 Å². The molecular formula is C26H21Cl3N4S. The summed E-state index contributed by atoms with van der Waals surface area (Å²) in [7, 11) is 0. The fourth-order valence-electron chi connectivity index (χ4n) is 4.67. The van der Waals surface area contributed by atoms with Crippen LogP contribution in [0, 0.1) is 13.8 Å². The Bertz CT molecular complexity index is 1370. The summed E-state index contributed by atoms with van der Waals surface area (Å²) in [5, 5.41) is 5.85. The van der Waals surface area contributed by atoms with Crippen LogP contribution in [0.1, 0.15) is 34.7 Å². The van der Waals surface area contributed by atoms with Crippen LogP contribution in [0.3, 0.4) is 0 Å². The quantitative estimate of drug-likeness (QED) is 0.277. The van der Waals surface area contributed by atoms with E-state index in [9.17, 15) is 0 Å². The molecule has 3 heterocycles. The minimum absolute atomic E-state index is 0.138. The van der Waals surface area contributed by atoms with Gasteiger partial charge in [0.2, 0.25) is 0 Å². The van der Waals surface area contributed by atoms with E-state index in [4.69, 9.17) is 47.0 Å². The lowest BCUT2D eigenvalue weighted by molar-refractivity contribution is 0.565. The van der Waals surface area contributed by atoms with Gasteiger partial charge in [0.15, 0.2) is 5.11 Å². The molecule has 0 amide bonds. The molecule has 0 spiro atoms. The lowest BCUT2D eigenvalue weighted by Crippen LogP contribution is -2.29. The summed E-state index contributed by atoms with van der Waals surface area (Å²) in [5.41, 5.74) is 5.93. The predicted octanol–water partition coefficient (Wildman–Crippen LogP) is 7.63. The molecule has 2 atom stereocenters. The average molecular weight is 528 g/mol. The number of anilines is 1. The first-order valence-electron chi connectivity index (χ1n) is 10.8. The largest absolute Gasteiger partial charge is 0.351 e. The molecule has 1 fully saturated rings. The number of benzene rings is 2. The molecule has 4 aromatic rings. The SMILES string of the molecule is Cc1cc([C@H]2[C@H](c3ccccn3)NC(=S)N2c2ccc(Cl)cc2)c(C)n1-c1cccc(Cl)c1Cl. The van der Waals surface area contributed by atoms with E-state index in [-0.39, 0.29) is 12.1 Å². The molecule has 2 aromatic heterocycles. The second-order valence-electron chi connectivity index (χ2n) is 8.21. The molecule has 0 saturated carbocycles. The van der Waals surface area contributed by atoms with Crippen LogP contribution in [0.2, 0.25) is 15.1 Å². The fraction of sp³-hybridized carbons (Fsp3) is 0.154. The molecule has 0 bridgehead atoms. The third-order valence-electron chi connectivity index (χ3n) is 6.16. The van der Waals surface area contributed by atoms with Gasteiger partial charge in [0.05, 0.1) is 33.5 Å². The normalized spacial score (nSPS) is 17.8. The van der Waals surface area contributed by atoms with Gasteiger partial charge in [0.25, 0.3) is 0 Å². The summed E-state index contributed by atoms with van der Waals surface area (Å²) in [6.45, 7) is 4.16. The van der Waals surface area contributed by atoms with E-state index in [2.05, 4.69) is 39.7 Å². The highest BCUT2D eigenvalue weighted by Crippen LogP contribution is 2.44. The zero-order chi connectivity index (χ0) is 24.0. The van der Waals surface area contributed by atoms with Gasteiger partial charge in [-0.2, -0.15) is 0 Å². The molecule has 8 heteroatoms. The standard InChI is InChI=1S/C26H21Cl3N4S/c1-15-14-19(16(2)32(15)22-8-5-6-20(28)23(22)29)25-24(21-7-3-4-13-30-21)31-26(34)33(25)18-11-9-17(27)10-12-18/h3-14,24-25H,1-2H3,(H,31,34)/t24-,25-/m0/s1. The predicted molar refractivity (Wildman–Crippen MR) is 145 cm³/mol. The third-order valence-corrected chi connectivity index (χ3v) is 7.54. The monoisotopic (exact) mass is 526 g/mol. The lowest BCUT2D eigenvalue weighted by atomic mass is 9.96. The number of nitrogens with zero attached hydrogens (tertiary/aromatic N) is 3. The average Bonchev–Trinajstić information content (AvgIpc) is 3.32. The lowest BCUT2D eigenvalue weighted by Gasteiger charge is -2.28. The first-order valence-corrected chi connectivity index (χ1v) is 12.3. The summed E-state index contributed by atoms with van der Waals surface area (Å²) in [6.07, 6.45) is 1.80. The number of thiocarbonyl (C=S) groups is 1. The highest BCUT2D eigenvalue weighted by atomic mass is 35.5. The van der Waals surface area contributed by atoms with Crippen molar-refractivity contribution >= 4 is 57.8 Å². The van der Waals surface area contributed by atoms with Crippen molar-refractivity contribution in [1.82, 2.24) is 14.9 Å². The maximum atomic E-state index is 6.61. The Balaban J connectivity index is 1.70. The van der Waals surface area contributed by atoms with Crippen molar-refractivity contribution in [2.45, 2.75) is 25.9 Å². The number of hydrogen-bond acceptors (Lipinski definition) is 2. The van der Waals surface area contributed by atoms with E-state index in [0.29, 0.717) is 20.2 Å². The molecule has 1 N–H and O–H groups in total. The van der Waals surface area contributed by atoms with Crippen molar-refractivity contribution in [3.05, 3.63) is 111 Å². The molecule has 1 saturated heterocycles. The van der Waals surface area contributed by atoms with Crippen molar-refractivity contribution < 1.29 is 0 Å². The van der Waals surface area contributed by atoms with Crippen LogP contribution < -0.4 is 10.2 Å². The number of pyridine rings is 1. The Morgan fingerprint density at radius 2 is 1.71 bits per heavy atom. The minimum Gasteiger partial charge on any atom is -0.351 e. The van der Waals surface area contributed by atoms with Gasteiger partial charge in [-0.25, -0.2) is 0 Å². The molecule has 0 radical (unpaired) electrons. The smallest absolute Gasteiger partial charge is 0.174 e. The van der Waals surface area contributed by atoms with E-state index in [0.717, 1.165) is 34.0 Å². The summed E-state index contributed by atoms with van der Waals surface area (Å²) in [6, 6.07) is 21.2. The van der Waals surface area contributed by atoms with Gasteiger partial charge >= 0.3 is 0 Å². The van der Waals surface area contributed by atoms with E-state index in [1.165, 1.54) is 0 Å². The zero-order valence-corrected chi connectivity index (χ0v) is 21.6. The number of nitrogens with one attached hydrogen (secondary N) is 1. The number of halogens is 3. The van der Waals surface area contributed by atoms with E-state index in [1.807, 2.05) is 54.6 Å². The summed E-state index contributed by atoms with van der Waals surface area (Å²) in [5.74, 6) is 0. The van der Waals surface area contributed by atoms with Crippen LogP contribution in [-0.4, -0.2) is 14.7 Å². The fourth-order valence-corrected chi connectivity index (χ4v) is 5.53. The topological polar surface area (TPSA) is 33.1 Å². The van der Waals surface area contributed by atoms with Crippen molar-refractivity contribution in [3.8, 4) is 5.69 Å². The molecule has 0 unspecified atom stereocenters. The first-order chi connectivity index (χ1) is 16.4. The Morgan fingerprint density at radius 1 is 0.941 bits per heavy atom. The number of hydrogen-bond donors (Lipinski definition) is 1. The molecule has 1 aliphatic heterocycles. The highest BCUT2D eigenvalue weighted by Gasteiger charge is 2.42. The molecule has 1 aliphatic rings. The Morgan fingerprint density at radius 3 is 2.41 bits per heavy atom. The first kappa shape index (κ1) is 23.2. The van der Waals surface area contributed by atoms with Crippen molar-refractivity contribution in [2.24, 2.45) is 0 Å². The van der Waals surface area contributed by atoms with Gasteiger partial charge in [-0.3, -0.25) is 4.98 Å². The van der Waals surface area contributed by atoms with Gasteiger partial charge in [0, 0.05) is 28.3 Å².